The Labute approximate surface area is 113 Å². The van der Waals surface area contributed by atoms with Gasteiger partial charge in [0, 0.05) is 4.47 Å². The van der Waals surface area contributed by atoms with Crippen LogP contribution in [0, 0.1) is 0 Å². The molecule has 1 N–H and O–H groups in total. The molecule has 0 aliphatic rings. The van der Waals surface area contributed by atoms with Gasteiger partial charge in [-0.25, -0.2) is 0 Å². The summed E-state index contributed by atoms with van der Waals surface area (Å²) in [4.78, 5) is 0.894. The maximum absolute atomic E-state index is 10.7. The predicted octanol–water partition coefficient (Wildman–Crippen LogP) is 3.78. The van der Waals surface area contributed by atoms with Crippen LogP contribution in [0.25, 0.3) is 0 Å². The molecular formula is C13H13BrO2S. The molecule has 1 aromatic carbocycles. The number of rotatable bonds is 3. The van der Waals surface area contributed by atoms with Gasteiger partial charge in [0.2, 0.25) is 0 Å². The van der Waals surface area contributed by atoms with Gasteiger partial charge in [0.15, 0.2) is 0 Å². The first kappa shape index (κ1) is 12.6. The molecule has 4 heteroatoms. The lowest BCUT2D eigenvalue weighted by atomic mass is 9.94. The van der Waals surface area contributed by atoms with Crippen molar-refractivity contribution in [3.05, 3.63) is 50.6 Å². The third kappa shape index (κ3) is 2.39. The molecule has 1 atom stereocenters. The second kappa shape index (κ2) is 4.80. The maximum Gasteiger partial charge on any atom is 0.122 e. The van der Waals surface area contributed by atoms with Gasteiger partial charge in [-0.2, -0.15) is 0 Å². The first-order chi connectivity index (χ1) is 8.05. The van der Waals surface area contributed by atoms with Gasteiger partial charge in [-0.05, 0) is 52.0 Å². The average Bonchev–Trinajstić information content (AvgIpc) is 2.76. The van der Waals surface area contributed by atoms with Crippen molar-refractivity contribution in [1.29, 1.82) is 0 Å². The molecule has 0 radical (unpaired) electrons. The monoisotopic (exact) mass is 312 g/mol. The van der Waals surface area contributed by atoms with E-state index in [-0.39, 0.29) is 0 Å². The van der Waals surface area contributed by atoms with Crippen LogP contribution in [0.5, 0.6) is 5.75 Å². The van der Waals surface area contributed by atoms with Gasteiger partial charge in [-0.15, -0.1) is 11.3 Å². The number of methoxy groups -OCH3 is 1. The van der Waals surface area contributed by atoms with Crippen LogP contribution >= 0.6 is 27.3 Å². The number of benzene rings is 1. The van der Waals surface area contributed by atoms with E-state index in [1.165, 1.54) is 11.3 Å². The highest BCUT2D eigenvalue weighted by Crippen LogP contribution is 2.38. The lowest BCUT2D eigenvalue weighted by Gasteiger charge is -2.23. The molecule has 0 fully saturated rings. The van der Waals surface area contributed by atoms with Crippen molar-refractivity contribution in [3.63, 3.8) is 0 Å². The molecule has 0 amide bonds. The molecule has 0 bridgehead atoms. The molecule has 1 aromatic heterocycles. The highest BCUT2D eigenvalue weighted by Gasteiger charge is 2.29. The van der Waals surface area contributed by atoms with E-state index in [1.807, 2.05) is 35.7 Å². The van der Waals surface area contributed by atoms with Gasteiger partial charge in [0.1, 0.15) is 11.4 Å². The van der Waals surface area contributed by atoms with Gasteiger partial charge in [-0.3, -0.25) is 0 Å². The minimum Gasteiger partial charge on any atom is -0.497 e. The molecule has 90 valence electrons. The van der Waals surface area contributed by atoms with Crippen molar-refractivity contribution in [2.45, 2.75) is 12.5 Å². The van der Waals surface area contributed by atoms with Crippen LogP contribution in [0.15, 0.2) is 40.2 Å². The second-order valence-electron chi connectivity index (χ2n) is 3.90. The number of thiophene rings is 1. The summed E-state index contributed by atoms with van der Waals surface area (Å²) in [6.45, 7) is 1.79. The van der Waals surface area contributed by atoms with Crippen LogP contribution in [0.4, 0.5) is 0 Å². The van der Waals surface area contributed by atoms with Gasteiger partial charge in [0.05, 0.1) is 12.0 Å². The van der Waals surface area contributed by atoms with Crippen LogP contribution < -0.4 is 4.74 Å². The summed E-state index contributed by atoms with van der Waals surface area (Å²) in [7, 11) is 1.62. The SMILES string of the molecule is COc1cccc(C(C)(O)c2sccc2Br)c1. The van der Waals surface area contributed by atoms with E-state index in [1.54, 1.807) is 14.0 Å². The third-order valence-electron chi connectivity index (χ3n) is 2.69. The second-order valence-corrected chi connectivity index (χ2v) is 5.67. The van der Waals surface area contributed by atoms with Crippen molar-refractivity contribution >= 4 is 27.3 Å². The summed E-state index contributed by atoms with van der Waals surface area (Å²) in [5.41, 5.74) is -0.193. The Balaban J connectivity index is 2.47. The Morgan fingerprint density at radius 1 is 1.35 bits per heavy atom. The molecule has 2 nitrogen and oxygen atoms in total. The quantitative estimate of drug-likeness (QED) is 0.934. The number of ether oxygens (including phenoxy) is 1. The van der Waals surface area contributed by atoms with E-state index >= 15 is 0 Å². The fraction of sp³-hybridized carbons (Fsp3) is 0.231. The first-order valence-electron chi connectivity index (χ1n) is 5.16. The maximum atomic E-state index is 10.7. The average molecular weight is 313 g/mol. The fourth-order valence-electron chi connectivity index (χ4n) is 1.70. The molecule has 1 heterocycles. The minimum atomic E-state index is -1.01. The van der Waals surface area contributed by atoms with Crippen LogP contribution in [-0.2, 0) is 5.60 Å². The van der Waals surface area contributed by atoms with Gasteiger partial charge in [0.25, 0.3) is 0 Å². The molecule has 17 heavy (non-hydrogen) atoms. The van der Waals surface area contributed by atoms with Crippen LogP contribution in [0.2, 0.25) is 0 Å². The molecule has 0 spiro atoms. The number of hydrogen-bond donors (Lipinski definition) is 1. The number of halogens is 1. The molecule has 0 aliphatic heterocycles. The summed E-state index contributed by atoms with van der Waals surface area (Å²) in [6, 6.07) is 9.43. The summed E-state index contributed by atoms with van der Waals surface area (Å²) in [5.74, 6) is 0.746. The normalized spacial score (nSPS) is 14.4. The van der Waals surface area contributed by atoms with Crippen LogP contribution in [0.3, 0.4) is 0 Å². The zero-order valence-electron chi connectivity index (χ0n) is 9.61. The minimum absolute atomic E-state index is 0.746. The Bertz CT molecular complexity index is 520. The molecule has 2 rings (SSSR count). The van der Waals surface area contributed by atoms with Crippen molar-refractivity contribution in [1.82, 2.24) is 0 Å². The van der Waals surface area contributed by atoms with E-state index in [4.69, 9.17) is 4.74 Å². The summed E-state index contributed by atoms with van der Waals surface area (Å²) in [6.07, 6.45) is 0. The predicted molar refractivity (Wildman–Crippen MR) is 73.7 cm³/mol. The fourth-order valence-corrected chi connectivity index (χ4v) is 3.54. The van der Waals surface area contributed by atoms with Crippen LogP contribution in [-0.4, -0.2) is 12.2 Å². The molecule has 2 aromatic rings. The Morgan fingerprint density at radius 3 is 2.71 bits per heavy atom. The Kier molecular flexibility index (Phi) is 3.56. The first-order valence-corrected chi connectivity index (χ1v) is 6.83. The van der Waals surface area contributed by atoms with E-state index in [2.05, 4.69) is 15.9 Å². The van der Waals surface area contributed by atoms with Gasteiger partial charge < -0.3 is 9.84 Å². The molecule has 0 saturated carbocycles. The van der Waals surface area contributed by atoms with E-state index in [9.17, 15) is 5.11 Å². The highest BCUT2D eigenvalue weighted by atomic mass is 79.9. The third-order valence-corrected chi connectivity index (χ3v) is 4.74. The zero-order chi connectivity index (χ0) is 12.5. The zero-order valence-corrected chi connectivity index (χ0v) is 12.0. The van der Waals surface area contributed by atoms with Crippen molar-refractivity contribution in [3.8, 4) is 5.75 Å². The summed E-state index contributed by atoms with van der Waals surface area (Å²) < 4.78 is 6.10. The van der Waals surface area contributed by atoms with E-state index in [0.717, 1.165) is 20.7 Å². The highest BCUT2D eigenvalue weighted by molar-refractivity contribution is 9.10. The molecule has 1 unspecified atom stereocenters. The van der Waals surface area contributed by atoms with Crippen LogP contribution in [0.1, 0.15) is 17.4 Å². The number of aliphatic hydroxyl groups is 1. The van der Waals surface area contributed by atoms with Gasteiger partial charge >= 0.3 is 0 Å². The Morgan fingerprint density at radius 2 is 2.12 bits per heavy atom. The van der Waals surface area contributed by atoms with Crippen molar-refractivity contribution < 1.29 is 9.84 Å². The van der Waals surface area contributed by atoms with E-state index in [0.29, 0.717) is 0 Å². The molecule has 0 aliphatic carbocycles. The van der Waals surface area contributed by atoms with Crippen molar-refractivity contribution in [2.75, 3.05) is 7.11 Å². The lowest BCUT2D eigenvalue weighted by molar-refractivity contribution is 0.105. The topological polar surface area (TPSA) is 29.5 Å². The summed E-state index contributed by atoms with van der Waals surface area (Å²) in [5, 5.41) is 12.6. The standard InChI is InChI=1S/C13H13BrO2S/c1-13(15,12-11(14)6-7-17-12)9-4-3-5-10(8-9)16-2/h3-8,15H,1-2H3. The van der Waals surface area contributed by atoms with Gasteiger partial charge in [-0.1, -0.05) is 12.1 Å². The molecular weight excluding hydrogens is 300 g/mol. The van der Waals surface area contributed by atoms with E-state index < -0.39 is 5.60 Å². The largest absolute Gasteiger partial charge is 0.497 e. The number of hydrogen-bond acceptors (Lipinski definition) is 3. The molecule has 0 saturated heterocycles. The smallest absolute Gasteiger partial charge is 0.122 e. The lowest BCUT2D eigenvalue weighted by Crippen LogP contribution is -2.21. The Hall–Kier alpha value is -0.840. The van der Waals surface area contributed by atoms with Crippen molar-refractivity contribution in [2.24, 2.45) is 0 Å². The summed E-state index contributed by atoms with van der Waals surface area (Å²) >= 11 is 4.98.